The minimum Gasteiger partial charge on any atom is -0.493 e. The fourth-order valence-corrected chi connectivity index (χ4v) is 2.88. The lowest BCUT2D eigenvalue weighted by Gasteiger charge is -2.21. The minimum atomic E-state index is 0.818. The average Bonchev–Trinajstić information content (AvgIpc) is 2.45. The topological polar surface area (TPSA) is 18.5 Å². The molecule has 2 nitrogen and oxygen atoms in total. The molecule has 1 fully saturated rings. The van der Waals surface area contributed by atoms with E-state index in [2.05, 4.69) is 12.1 Å². The van der Waals surface area contributed by atoms with Crippen LogP contribution in [0, 0.1) is 5.92 Å². The first-order valence-electron chi connectivity index (χ1n) is 7.04. The van der Waals surface area contributed by atoms with Crippen molar-refractivity contribution >= 4 is 0 Å². The molecule has 0 atom stereocenters. The molecule has 2 heteroatoms. The summed E-state index contributed by atoms with van der Waals surface area (Å²) < 4.78 is 10.6. The molecule has 1 aromatic carbocycles. The molecule has 0 amide bonds. The largest absolute Gasteiger partial charge is 0.493 e. The van der Waals surface area contributed by atoms with Crippen molar-refractivity contribution < 1.29 is 9.47 Å². The second-order valence-electron chi connectivity index (χ2n) is 5.23. The van der Waals surface area contributed by atoms with Crippen LogP contribution in [0.4, 0.5) is 0 Å². The summed E-state index contributed by atoms with van der Waals surface area (Å²) in [5, 5.41) is 0. The normalized spacial score (nSPS) is 16.6. The third-order valence-corrected chi connectivity index (χ3v) is 4.01. The van der Waals surface area contributed by atoms with Gasteiger partial charge in [-0.2, -0.15) is 0 Å². The summed E-state index contributed by atoms with van der Waals surface area (Å²) in [7, 11) is 3.38. The predicted molar refractivity (Wildman–Crippen MR) is 74.4 cm³/mol. The summed E-state index contributed by atoms with van der Waals surface area (Å²) in [6, 6.07) is 6.28. The van der Waals surface area contributed by atoms with E-state index in [1.165, 1.54) is 44.1 Å². The Kier molecular flexibility index (Phi) is 4.91. The second-order valence-corrected chi connectivity index (χ2v) is 5.23. The number of hydrogen-bond donors (Lipinski definition) is 0. The zero-order chi connectivity index (χ0) is 12.8. The molecule has 0 bridgehead atoms. The van der Waals surface area contributed by atoms with Crippen molar-refractivity contribution in [3.8, 4) is 11.5 Å². The smallest absolute Gasteiger partial charge is 0.160 e. The molecular weight excluding hydrogens is 224 g/mol. The maximum atomic E-state index is 5.34. The number of aryl methyl sites for hydroxylation is 1. The van der Waals surface area contributed by atoms with E-state index in [1.54, 1.807) is 14.2 Å². The molecule has 2 rings (SSSR count). The lowest BCUT2D eigenvalue weighted by atomic mass is 9.85. The summed E-state index contributed by atoms with van der Waals surface area (Å²) in [4.78, 5) is 0. The van der Waals surface area contributed by atoms with E-state index in [9.17, 15) is 0 Å². The van der Waals surface area contributed by atoms with Crippen LogP contribution in [-0.4, -0.2) is 14.2 Å². The highest BCUT2D eigenvalue weighted by Gasteiger charge is 2.13. The van der Waals surface area contributed by atoms with Crippen LogP contribution in [0.25, 0.3) is 0 Å². The number of methoxy groups -OCH3 is 2. The molecule has 0 radical (unpaired) electrons. The van der Waals surface area contributed by atoms with Crippen molar-refractivity contribution in [1.29, 1.82) is 0 Å². The standard InChI is InChI=1S/C16H24O2/c1-17-15-11-10-14(12-16(15)18-2)9-8-13-6-4-3-5-7-13/h10-13H,3-9H2,1-2H3. The molecule has 0 unspecified atom stereocenters. The van der Waals surface area contributed by atoms with Gasteiger partial charge in [0.2, 0.25) is 0 Å². The van der Waals surface area contributed by atoms with Gasteiger partial charge in [0.1, 0.15) is 0 Å². The van der Waals surface area contributed by atoms with Crippen LogP contribution in [-0.2, 0) is 6.42 Å². The van der Waals surface area contributed by atoms with Gasteiger partial charge in [-0.15, -0.1) is 0 Å². The highest BCUT2D eigenvalue weighted by atomic mass is 16.5. The molecule has 1 aliphatic carbocycles. The Labute approximate surface area is 110 Å². The van der Waals surface area contributed by atoms with Crippen molar-refractivity contribution in [2.24, 2.45) is 5.92 Å². The third-order valence-electron chi connectivity index (χ3n) is 4.01. The monoisotopic (exact) mass is 248 g/mol. The van der Waals surface area contributed by atoms with Crippen LogP contribution in [0.3, 0.4) is 0 Å². The maximum Gasteiger partial charge on any atom is 0.160 e. The first-order valence-corrected chi connectivity index (χ1v) is 7.04. The molecule has 0 saturated heterocycles. The summed E-state index contributed by atoms with van der Waals surface area (Å²) >= 11 is 0. The molecule has 0 aliphatic heterocycles. The van der Waals surface area contributed by atoms with E-state index in [-0.39, 0.29) is 0 Å². The predicted octanol–water partition coefficient (Wildman–Crippen LogP) is 4.22. The van der Waals surface area contributed by atoms with Crippen LogP contribution >= 0.6 is 0 Å². The molecule has 100 valence electrons. The molecular formula is C16H24O2. The van der Waals surface area contributed by atoms with E-state index in [0.29, 0.717) is 0 Å². The lowest BCUT2D eigenvalue weighted by molar-refractivity contribution is 0.338. The van der Waals surface area contributed by atoms with Crippen LogP contribution in [0.2, 0.25) is 0 Å². The molecule has 0 spiro atoms. The van der Waals surface area contributed by atoms with Gasteiger partial charge in [-0.1, -0.05) is 38.2 Å². The van der Waals surface area contributed by atoms with Crippen LogP contribution in [0.5, 0.6) is 11.5 Å². The summed E-state index contributed by atoms with van der Waals surface area (Å²) in [6.07, 6.45) is 9.61. The van der Waals surface area contributed by atoms with Gasteiger partial charge in [0.05, 0.1) is 14.2 Å². The zero-order valence-corrected chi connectivity index (χ0v) is 11.6. The molecule has 18 heavy (non-hydrogen) atoms. The van der Waals surface area contributed by atoms with Crippen molar-refractivity contribution in [3.05, 3.63) is 23.8 Å². The average molecular weight is 248 g/mol. The maximum absolute atomic E-state index is 5.34. The molecule has 1 aromatic rings. The number of benzene rings is 1. The second kappa shape index (κ2) is 6.67. The van der Waals surface area contributed by atoms with Gasteiger partial charge in [-0.05, 0) is 36.5 Å². The van der Waals surface area contributed by atoms with E-state index < -0.39 is 0 Å². The first-order chi connectivity index (χ1) is 8.83. The molecule has 0 aromatic heterocycles. The van der Waals surface area contributed by atoms with Crippen molar-refractivity contribution in [3.63, 3.8) is 0 Å². The van der Waals surface area contributed by atoms with Crippen molar-refractivity contribution in [2.45, 2.75) is 44.9 Å². The minimum absolute atomic E-state index is 0.818. The molecule has 0 N–H and O–H groups in total. The highest BCUT2D eigenvalue weighted by molar-refractivity contribution is 5.42. The Morgan fingerprint density at radius 1 is 1.00 bits per heavy atom. The van der Waals surface area contributed by atoms with E-state index >= 15 is 0 Å². The van der Waals surface area contributed by atoms with Crippen molar-refractivity contribution in [1.82, 2.24) is 0 Å². The number of hydrogen-bond acceptors (Lipinski definition) is 2. The SMILES string of the molecule is COc1ccc(CCC2CCCCC2)cc1OC. The van der Waals surface area contributed by atoms with E-state index in [4.69, 9.17) is 9.47 Å². The van der Waals surface area contributed by atoms with Crippen LogP contribution in [0.15, 0.2) is 18.2 Å². The Balaban J connectivity index is 1.92. The van der Waals surface area contributed by atoms with Gasteiger partial charge >= 0.3 is 0 Å². The van der Waals surface area contributed by atoms with Gasteiger partial charge in [0, 0.05) is 0 Å². The number of ether oxygens (including phenoxy) is 2. The highest BCUT2D eigenvalue weighted by Crippen LogP contribution is 2.30. The Morgan fingerprint density at radius 3 is 2.39 bits per heavy atom. The zero-order valence-electron chi connectivity index (χ0n) is 11.6. The van der Waals surface area contributed by atoms with Gasteiger partial charge < -0.3 is 9.47 Å². The van der Waals surface area contributed by atoms with E-state index in [1.807, 2.05) is 6.07 Å². The molecule has 1 aliphatic rings. The quantitative estimate of drug-likeness (QED) is 0.777. The van der Waals surface area contributed by atoms with Crippen LogP contribution < -0.4 is 9.47 Å². The van der Waals surface area contributed by atoms with Gasteiger partial charge in [-0.3, -0.25) is 0 Å². The fourth-order valence-electron chi connectivity index (χ4n) is 2.88. The first kappa shape index (κ1) is 13.3. The summed E-state index contributed by atoms with van der Waals surface area (Å²) in [6.45, 7) is 0. The molecule has 1 saturated carbocycles. The fraction of sp³-hybridized carbons (Fsp3) is 0.625. The summed E-state index contributed by atoms with van der Waals surface area (Å²) in [5.41, 5.74) is 1.36. The number of rotatable bonds is 5. The third kappa shape index (κ3) is 3.41. The van der Waals surface area contributed by atoms with Crippen LogP contribution in [0.1, 0.15) is 44.1 Å². The molecule has 0 heterocycles. The van der Waals surface area contributed by atoms with Gasteiger partial charge in [-0.25, -0.2) is 0 Å². The lowest BCUT2D eigenvalue weighted by Crippen LogP contribution is -2.07. The Morgan fingerprint density at radius 2 is 1.72 bits per heavy atom. The Hall–Kier alpha value is -1.18. The summed E-state index contributed by atoms with van der Waals surface area (Å²) in [5.74, 6) is 2.60. The van der Waals surface area contributed by atoms with Crippen molar-refractivity contribution in [2.75, 3.05) is 14.2 Å². The van der Waals surface area contributed by atoms with Gasteiger partial charge in [0.25, 0.3) is 0 Å². The Bertz CT molecular complexity index is 367. The van der Waals surface area contributed by atoms with Gasteiger partial charge in [0.15, 0.2) is 11.5 Å². The van der Waals surface area contributed by atoms with E-state index in [0.717, 1.165) is 23.8 Å².